The number of thioether (sulfide) groups is 1. The van der Waals surface area contributed by atoms with Gasteiger partial charge >= 0.3 is 0 Å². The maximum Gasteiger partial charge on any atom is 0.265 e. The summed E-state index contributed by atoms with van der Waals surface area (Å²) in [6, 6.07) is 19.1. The highest BCUT2D eigenvalue weighted by Crippen LogP contribution is 2.31. The Balaban J connectivity index is 1.63. The van der Waals surface area contributed by atoms with Gasteiger partial charge in [-0.05, 0) is 55.5 Å². The SMILES string of the molecule is Cc1ccc(S(=O)(=O)N(C)c2nc3ccccc3nc2SCC(=O)Nc2ccc(F)cc2)cc1. The van der Waals surface area contributed by atoms with Crippen LogP contribution in [0, 0.1) is 12.7 Å². The highest BCUT2D eigenvalue weighted by atomic mass is 32.2. The summed E-state index contributed by atoms with van der Waals surface area (Å²) in [6.07, 6.45) is 0. The molecule has 4 rings (SSSR count). The van der Waals surface area contributed by atoms with E-state index in [4.69, 9.17) is 0 Å². The molecular weight excluding hydrogens is 475 g/mol. The van der Waals surface area contributed by atoms with Crippen LogP contribution in [0.1, 0.15) is 5.56 Å². The largest absolute Gasteiger partial charge is 0.325 e. The van der Waals surface area contributed by atoms with Gasteiger partial charge < -0.3 is 5.32 Å². The average Bonchev–Trinajstić information content (AvgIpc) is 2.83. The van der Waals surface area contributed by atoms with Crippen molar-refractivity contribution in [3.8, 4) is 0 Å². The second-order valence-electron chi connectivity index (χ2n) is 7.47. The summed E-state index contributed by atoms with van der Waals surface area (Å²) in [7, 11) is -2.50. The Hall–Kier alpha value is -3.50. The standard InChI is InChI=1S/C24H21FN4O3S2/c1-16-7-13-19(14-8-16)34(31,32)29(2)23-24(28-21-6-4-3-5-20(21)27-23)33-15-22(30)26-18-11-9-17(25)10-12-18/h3-14H,15H2,1-2H3,(H,26,30). The number of para-hydroxylation sites is 2. The minimum atomic E-state index is -3.91. The van der Waals surface area contributed by atoms with Gasteiger partial charge in [-0.2, -0.15) is 0 Å². The lowest BCUT2D eigenvalue weighted by Gasteiger charge is -2.21. The number of carbonyl (C=O) groups excluding carboxylic acids is 1. The quantitative estimate of drug-likeness (QED) is 0.375. The van der Waals surface area contributed by atoms with E-state index >= 15 is 0 Å². The van der Waals surface area contributed by atoms with Crippen molar-refractivity contribution in [2.75, 3.05) is 22.4 Å². The van der Waals surface area contributed by atoms with Gasteiger partial charge in [0.25, 0.3) is 10.0 Å². The van der Waals surface area contributed by atoms with E-state index in [0.717, 1.165) is 21.6 Å². The molecule has 0 saturated carbocycles. The van der Waals surface area contributed by atoms with E-state index in [-0.39, 0.29) is 22.4 Å². The van der Waals surface area contributed by atoms with Crippen molar-refractivity contribution >= 4 is 50.2 Å². The number of sulfonamides is 1. The van der Waals surface area contributed by atoms with E-state index in [1.807, 2.05) is 6.92 Å². The van der Waals surface area contributed by atoms with Crippen LogP contribution in [0.2, 0.25) is 0 Å². The zero-order valence-corrected chi connectivity index (χ0v) is 20.0. The van der Waals surface area contributed by atoms with Crippen molar-refractivity contribution in [2.24, 2.45) is 0 Å². The van der Waals surface area contributed by atoms with Gasteiger partial charge in [-0.15, -0.1) is 0 Å². The van der Waals surface area contributed by atoms with Crippen molar-refractivity contribution in [3.63, 3.8) is 0 Å². The van der Waals surface area contributed by atoms with E-state index < -0.39 is 15.8 Å². The first-order chi connectivity index (χ1) is 16.2. The van der Waals surface area contributed by atoms with Crippen molar-refractivity contribution in [1.29, 1.82) is 0 Å². The molecule has 3 aromatic carbocycles. The summed E-state index contributed by atoms with van der Waals surface area (Å²) in [5.41, 5.74) is 2.50. The van der Waals surface area contributed by atoms with Crippen LogP contribution >= 0.6 is 11.8 Å². The Bertz CT molecular complexity index is 1440. The molecule has 174 valence electrons. The molecule has 1 aromatic heterocycles. The molecule has 0 aliphatic heterocycles. The van der Waals surface area contributed by atoms with Gasteiger partial charge in [0.1, 0.15) is 10.8 Å². The predicted molar refractivity (Wildman–Crippen MR) is 132 cm³/mol. The number of anilines is 2. The lowest BCUT2D eigenvalue weighted by Crippen LogP contribution is -2.28. The summed E-state index contributed by atoms with van der Waals surface area (Å²) in [5.74, 6) is -0.669. The molecule has 0 aliphatic carbocycles. The Labute approximate surface area is 201 Å². The minimum Gasteiger partial charge on any atom is -0.325 e. The van der Waals surface area contributed by atoms with E-state index in [1.165, 1.54) is 31.3 Å². The third kappa shape index (κ3) is 5.18. The smallest absolute Gasteiger partial charge is 0.265 e. The molecule has 0 bridgehead atoms. The molecule has 0 radical (unpaired) electrons. The number of benzene rings is 3. The molecule has 0 spiro atoms. The molecular formula is C24H21FN4O3S2. The second-order valence-corrected chi connectivity index (χ2v) is 10.4. The van der Waals surface area contributed by atoms with E-state index in [0.29, 0.717) is 21.7 Å². The summed E-state index contributed by atoms with van der Waals surface area (Å²) in [4.78, 5) is 21.7. The summed E-state index contributed by atoms with van der Waals surface area (Å²) in [5, 5.41) is 2.98. The Kier molecular flexibility index (Phi) is 6.80. The Morgan fingerprint density at radius 1 is 0.971 bits per heavy atom. The summed E-state index contributed by atoms with van der Waals surface area (Å²) in [6.45, 7) is 1.88. The van der Waals surface area contributed by atoms with E-state index in [2.05, 4.69) is 15.3 Å². The van der Waals surface area contributed by atoms with Crippen LogP contribution in [0.15, 0.2) is 82.7 Å². The zero-order valence-electron chi connectivity index (χ0n) is 18.4. The van der Waals surface area contributed by atoms with Crippen molar-refractivity contribution < 1.29 is 17.6 Å². The van der Waals surface area contributed by atoms with Crippen LogP contribution < -0.4 is 9.62 Å². The minimum absolute atomic E-state index is 0.0458. The number of aryl methyl sites for hydroxylation is 1. The first kappa shape index (κ1) is 23.7. The molecule has 10 heteroatoms. The van der Waals surface area contributed by atoms with E-state index in [9.17, 15) is 17.6 Å². The van der Waals surface area contributed by atoms with Crippen LogP contribution in [0.5, 0.6) is 0 Å². The Morgan fingerprint density at radius 2 is 1.59 bits per heavy atom. The van der Waals surface area contributed by atoms with Crippen molar-refractivity contribution in [3.05, 3.63) is 84.2 Å². The maximum absolute atomic E-state index is 13.3. The molecule has 34 heavy (non-hydrogen) atoms. The van der Waals surface area contributed by atoms with Gasteiger partial charge in [-0.3, -0.25) is 9.10 Å². The third-order valence-corrected chi connectivity index (χ3v) is 7.68. The van der Waals surface area contributed by atoms with Crippen LogP contribution in [0.3, 0.4) is 0 Å². The average molecular weight is 497 g/mol. The molecule has 4 aromatic rings. The molecule has 0 aliphatic rings. The molecule has 1 heterocycles. The molecule has 7 nitrogen and oxygen atoms in total. The van der Waals surface area contributed by atoms with Crippen molar-refractivity contribution in [1.82, 2.24) is 9.97 Å². The van der Waals surface area contributed by atoms with Gasteiger partial charge in [0, 0.05) is 12.7 Å². The van der Waals surface area contributed by atoms with Gasteiger partial charge in [-0.1, -0.05) is 41.6 Å². The van der Waals surface area contributed by atoms with Crippen LogP contribution in [-0.4, -0.2) is 37.1 Å². The summed E-state index contributed by atoms with van der Waals surface area (Å²) >= 11 is 1.07. The van der Waals surface area contributed by atoms with Crippen LogP contribution in [0.4, 0.5) is 15.9 Å². The second kappa shape index (κ2) is 9.78. The summed E-state index contributed by atoms with van der Waals surface area (Å²) < 4.78 is 40.7. The molecule has 0 atom stereocenters. The molecule has 1 N–H and O–H groups in total. The number of nitrogens with zero attached hydrogens (tertiary/aromatic N) is 3. The first-order valence-electron chi connectivity index (χ1n) is 10.2. The van der Waals surface area contributed by atoms with Crippen LogP contribution in [-0.2, 0) is 14.8 Å². The zero-order chi connectivity index (χ0) is 24.3. The maximum atomic E-state index is 13.3. The van der Waals surface area contributed by atoms with Crippen LogP contribution in [0.25, 0.3) is 11.0 Å². The molecule has 0 saturated heterocycles. The number of halogens is 1. The molecule has 0 unspecified atom stereocenters. The lowest BCUT2D eigenvalue weighted by molar-refractivity contribution is -0.113. The topological polar surface area (TPSA) is 92.3 Å². The number of aromatic nitrogens is 2. The van der Waals surface area contributed by atoms with Gasteiger partial charge in [0.2, 0.25) is 5.91 Å². The Morgan fingerprint density at radius 3 is 2.24 bits per heavy atom. The number of nitrogens with one attached hydrogen (secondary N) is 1. The highest BCUT2D eigenvalue weighted by molar-refractivity contribution is 8.00. The number of rotatable bonds is 7. The highest BCUT2D eigenvalue weighted by Gasteiger charge is 2.26. The number of fused-ring (bicyclic) bond motifs is 1. The number of amides is 1. The fourth-order valence-corrected chi connectivity index (χ4v) is 5.15. The van der Waals surface area contributed by atoms with Crippen molar-refractivity contribution in [2.45, 2.75) is 16.8 Å². The molecule has 1 amide bonds. The monoisotopic (exact) mass is 496 g/mol. The fourth-order valence-electron chi connectivity index (χ4n) is 3.12. The number of hydrogen-bond donors (Lipinski definition) is 1. The van der Waals surface area contributed by atoms with E-state index in [1.54, 1.807) is 48.5 Å². The lowest BCUT2D eigenvalue weighted by atomic mass is 10.2. The number of hydrogen-bond acceptors (Lipinski definition) is 6. The fraction of sp³-hybridized carbons (Fsp3) is 0.125. The predicted octanol–water partition coefficient (Wildman–Crippen LogP) is 4.63. The normalized spacial score (nSPS) is 11.4. The number of carbonyl (C=O) groups is 1. The van der Waals surface area contributed by atoms with Gasteiger partial charge in [0.05, 0.1) is 21.7 Å². The van der Waals surface area contributed by atoms with Gasteiger partial charge in [0.15, 0.2) is 5.82 Å². The third-order valence-electron chi connectivity index (χ3n) is 4.97. The van der Waals surface area contributed by atoms with Gasteiger partial charge in [-0.25, -0.2) is 22.8 Å². The first-order valence-corrected chi connectivity index (χ1v) is 12.7. The molecule has 0 fully saturated rings.